The summed E-state index contributed by atoms with van der Waals surface area (Å²) in [5.41, 5.74) is 5.36. The van der Waals surface area contributed by atoms with Crippen LogP contribution in [0.5, 0.6) is 0 Å². The molecule has 2 atom stereocenters. The molecule has 1 heterocycles. The lowest BCUT2D eigenvalue weighted by atomic mass is 10.1. The number of carboxylic acid groups (broad SMARTS) is 1. The Kier molecular flexibility index (Phi) is 4.50. The summed E-state index contributed by atoms with van der Waals surface area (Å²) in [7, 11) is -3.96. The number of nitrogens with one attached hydrogen (secondary N) is 1. The molecule has 21 heavy (non-hydrogen) atoms. The molecule has 116 valence electrons. The second-order valence-electron chi connectivity index (χ2n) is 5.02. The van der Waals surface area contributed by atoms with Gasteiger partial charge in [-0.1, -0.05) is 0 Å². The molecule has 1 aliphatic heterocycles. The highest BCUT2D eigenvalue weighted by Gasteiger charge is 2.29. The van der Waals surface area contributed by atoms with Gasteiger partial charge < -0.3 is 15.6 Å². The zero-order valence-electron chi connectivity index (χ0n) is 11.6. The molecule has 1 fully saturated rings. The third-order valence-corrected chi connectivity index (χ3v) is 5.00. The predicted octanol–water partition coefficient (Wildman–Crippen LogP) is 0.813. The minimum absolute atomic E-state index is 0.193. The molecule has 0 saturated carbocycles. The molecule has 7 nitrogen and oxygen atoms in total. The number of carbonyl (C=O) groups is 1. The fraction of sp³-hybridized carbons (Fsp3) is 0.462. The molecule has 0 aliphatic carbocycles. The number of sulfonamides is 1. The van der Waals surface area contributed by atoms with E-state index in [2.05, 4.69) is 4.72 Å². The van der Waals surface area contributed by atoms with Crippen LogP contribution in [0, 0.1) is 0 Å². The Hall–Kier alpha value is -1.64. The van der Waals surface area contributed by atoms with Crippen molar-refractivity contribution < 1.29 is 23.1 Å². The van der Waals surface area contributed by atoms with E-state index in [4.69, 9.17) is 15.6 Å². The van der Waals surface area contributed by atoms with E-state index in [1.54, 1.807) is 6.92 Å². The number of benzene rings is 1. The van der Waals surface area contributed by atoms with Crippen LogP contribution in [0.3, 0.4) is 0 Å². The van der Waals surface area contributed by atoms with Gasteiger partial charge in [-0.15, -0.1) is 0 Å². The fourth-order valence-electron chi connectivity index (χ4n) is 2.33. The van der Waals surface area contributed by atoms with Crippen molar-refractivity contribution in [1.29, 1.82) is 0 Å². The van der Waals surface area contributed by atoms with Crippen LogP contribution < -0.4 is 10.5 Å². The van der Waals surface area contributed by atoms with Crippen LogP contribution in [-0.4, -0.2) is 38.2 Å². The van der Waals surface area contributed by atoms with Crippen LogP contribution in [0.1, 0.15) is 30.1 Å². The van der Waals surface area contributed by atoms with Gasteiger partial charge in [0.05, 0.1) is 16.6 Å². The van der Waals surface area contributed by atoms with Gasteiger partial charge in [-0.05, 0) is 38.0 Å². The van der Waals surface area contributed by atoms with E-state index in [1.165, 1.54) is 12.1 Å². The number of anilines is 1. The first-order valence-corrected chi connectivity index (χ1v) is 8.06. The highest BCUT2D eigenvalue weighted by Crippen LogP contribution is 2.21. The quantitative estimate of drug-likeness (QED) is 0.692. The van der Waals surface area contributed by atoms with E-state index < -0.39 is 22.0 Å². The Labute approximate surface area is 123 Å². The second kappa shape index (κ2) is 6.00. The largest absolute Gasteiger partial charge is 0.478 e. The molecule has 1 saturated heterocycles. The van der Waals surface area contributed by atoms with E-state index in [0.29, 0.717) is 6.61 Å². The molecule has 1 aliphatic rings. The van der Waals surface area contributed by atoms with Crippen molar-refractivity contribution in [3.05, 3.63) is 23.8 Å². The van der Waals surface area contributed by atoms with Crippen LogP contribution in [-0.2, 0) is 14.8 Å². The van der Waals surface area contributed by atoms with E-state index >= 15 is 0 Å². The van der Waals surface area contributed by atoms with Gasteiger partial charge in [-0.3, -0.25) is 0 Å². The molecule has 0 radical (unpaired) electrons. The Balaban J connectivity index is 2.29. The Morgan fingerprint density at radius 3 is 2.81 bits per heavy atom. The van der Waals surface area contributed by atoms with E-state index in [0.717, 1.165) is 18.9 Å². The summed E-state index contributed by atoms with van der Waals surface area (Å²) < 4.78 is 32.6. The summed E-state index contributed by atoms with van der Waals surface area (Å²) >= 11 is 0. The molecule has 0 aromatic heterocycles. The Morgan fingerprint density at radius 1 is 1.52 bits per heavy atom. The molecule has 0 bridgehead atoms. The normalized spacial score (nSPS) is 20.3. The molecule has 0 spiro atoms. The number of ether oxygens (including phenoxy) is 1. The number of nitrogen functional groups attached to an aromatic ring is 1. The fourth-order valence-corrected chi connectivity index (χ4v) is 3.78. The number of nitrogens with two attached hydrogens (primary N) is 1. The summed E-state index contributed by atoms with van der Waals surface area (Å²) in [6, 6.07) is 3.26. The van der Waals surface area contributed by atoms with E-state index in [9.17, 15) is 13.2 Å². The SMILES string of the molecule is CC(NS(=O)(=O)c1ccc(N)cc1C(=O)O)C1CCCO1. The lowest BCUT2D eigenvalue weighted by Gasteiger charge is -2.20. The zero-order chi connectivity index (χ0) is 15.6. The molecule has 2 rings (SSSR count). The molecule has 1 aromatic carbocycles. The lowest BCUT2D eigenvalue weighted by Crippen LogP contribution is -2.41. The average Bonchev–Trinajstić information content (AvgIpc) is 2.91. The van der Waals surface area contributed by atoms with Crippen LogP contribution >= 0.6 is 0 Å². The van der Waals surface area contributed by atoms with E-state index in [-0.39, 0.29) is 22.3 Å². The van der Waals surface area contributed by atoms with Crippen molar-refractivity contribution in [1.82, 2.24) is 4.72 Å². The van der Waals surface area contributed by atoms with Crippen LogP contribution in [0.2, 0.25) is 0 Å². The molecule has 0 amide bonds. The number of aromatic carboxylic acids is 1. The molecular formula is C13H18N2O5S. The minimum atomic E-state index is -3.96. The van der Waals surface area contributed by atoms with Gasteiger partial charge in [0.25, 0.3) is 0 Å². The van der Waals surface area contributed by atoms with Crippen molar-refractivity contribution in [3.63, 3.8) is 0 Å². The van der Waals surface area contributed by atoms with Crippen molar-refractivity contribution in [2.45, 2.75) is 36.8 Å². The van der Waals surface area contributed by atoms with Gasteiger partial charge in [0.1, 0.15) is 0 Å². The smallest absolute Gasteiger partial charge is 0.337 e. The summed E-state index contributed by atoms with van der Waals surface area (Å²) in [6.45, 7) is 2.31. The van der Waals surface area contributed by atoms with Gasteiger partial charge in [0, 0.05) is 18.3 Å². The van der Waals surface area contributed by atoms with Crippen LogP contribution in [0.15, 0.2) is 23.1 Å². The van der Waals surface area contributed by atoms with Gasteiger partial charge in [-0.25, -0.2) is 17.9 Å². The van der Waals surface area contributed by atoms with Crippen LogP contribution in [0.4, 0.5) is 5.69 Å². The molecule has 4 N–H and O–H groups in total. The molecular weight excluding hydrogens is 296 g/mol. The number of carboxylic acids is 1. The first-order chi connectivity index (χ1) is 9.81. The maximum atomic E-state index is 12.4. The van der Waals surface area contributed by atoms with Crippen molar-refractivity contribution in [2.24, 2.45) is 0 Å². The van der Waals surface area contributed by atoms with E-state index in [1.807, 2.05) is 0 Å². The highest BCUT2D eigenvalue weighted by atomic mass is 32.2. The minimum Gasteiger partial charge on any atom is -0.478 e. The van der Waals surface area contributed by atoms with Crippen molar-refractivity contribution >= 4 is 21.7 Å². The summed E-state index contributed by atoms with van der Waals surface area (Å²) in [5.74, 6) is -1.34. The highest BCUT2D eigenvalue weighted by molar-refractivity contribution is 7.89. The van der Waals surface area contributed by atoms with Crippen molar-refractivity contribution in [2.75, 3.05) is 12.3 Å². The first-order valence-electron chi connectivity index (χ1n) is 6.58. The van der Waals surface area contributed by atoms with Crippen molar-refractivity contribution in [3.8, 4) is 0 Å². The van der Waals surface area contributed by atoms with Crippen LogP contribution in [0.25, 0.3) is 0 Å². The number of hydrogen-bond acceptors (Lipinski definition) is 5. The molecule has 8 heteroatoms. The summed E-state index contributed by atoms with van der Waals surface area (Å²) in [5, 5.41) is 9.13. The first kappa shape index (κ1) is 15.7. The van der Waals surface area contributed by atoms with Gasteiger partial charge in [0.2, 0.25) is 10.0 Å². The predicted molar refractivity (Wildman–Crippen MR) is 76.6 cm³/mol. The average molecular weight is 314 g/mol. The Morgan fingerprint density at radius 2 is 2.24 bits per heavy atom. The lowest BCUT2D eigenvalue weighted by molar-refractivity contribution is 0.0692. The number of hydrogen-bond donors (Lipinski definition) is 3. The summed E-state index contributed by atoms with van der Waals surface area (Å²) in [6.07, 6.45) is 1.47. The Bertz CT molecular complexity index is 638. The second-order valence-corrected chi connectivity index (χ2v) is 6.70. The maximum Gasteiger partial charge on any atom is 0.337 e. The maximum absolute atomic E-state index is 12.4. The third-order valence-electron chi connectivity index (χ3n) is 3.39. The standard InChI is InChI=1S/C13H18N2O5S/c1-8(11-3-2-6-20-11)15-21(18,19)12-5-4-9(14)7-10(12)13(16)17/h4-5,7-8,11,15H,2-3,6,14H2,1H3,(H,16,17). The topological polar surface area (TPSA) is 119 Å². The number of rotatable bonds is 5. The third kappa shape index (κ3) is 3.52. The zero-order valence-corrected chi connectivity index (χ0v) is 12.4. The molecule has 1 aromatic rings. The van der Waals surface area contributed by atoms with Gasteiger partial charge in [0.15, 0.2) is 0 Å². The summed E-state index contributed by atoms with van der Waals surface area (Å²) in [4.78, 5) is 10.9. The van der Waals surface area contributed by atoms with Gasteiger partial charge >= 0.3 is 5.97 Å². The monoisotopic (exact) mass is 314 g/mol. The van der Waals surface area contributed by atoms with Gasteiger partial charge in [-0.2, -0.15) is 0 Å². The molecule has 2 unspecified atom stereocenters.